The topological polar surface area (TPSA) is 29.1 Å². The number of hydrogen-bond acceptors (Lipinski definition) is 2. The summed E-state index contributed by atoms with van der Waals surface area (Å²) in [7, 11) is 0. The lowest BCUT2D eigenvalue weighted by Gasteiger charge is -2.11. The summed E-state index contributed by atoms with van der Waals surface area (Å²) in [4.78, 5) is 11.4. The number of fused-ring (bicyclic) bond motifs is 2. The van der Waals surface area contributed by atoms with Gasteiger partial charge in [0.15, 0.2) is 0 Å². The first-order chi connectivity index (χ1) is 8.75. The van der Waals surface area contributed by atoms with Crippen LogP contribution in [0, 0.1) is 0 Å². The van der Waals surface area contributed by atoms with E-state index < -0.39 is 0 Å². The molecule has 0 fully saturated rings. The average Bonchev–Trinajstić information content (AvgIpc) is 2.56. The number of carbonyl (C=O) groups excluding carboxylic acids is 1. The number of para-hydroxylation sites is 1. The molecule has 0 spiro atoms. The van der Waals surface area contributed by atoms with Crippen LogP contribution in [0.3, 0.4) is 0 Å². The van der Waals surface area contributed by atoms with Gasteiger partial charge in [-0.05, 0) is 53.8 Å². The van der Waals surface area contributed by atoms with E-state index in [0.717, 1.165) is 29.8 Å². The van der Waals surface area contributed by atoms with Gasteiger partial charge in [0, 0.05) is 16.9 Å². The van der Waals surface area contributed by atoms with Crippen LogP contribution in [0.25, 0.3) is 0 Å². The fraction of sp³-hybridized carbons (Fsp3) is 0.133. The highest BCUT2D eigenvalue weighted by molar-refractivity contribution is 6.68. The fourth-order valence-corrected chi connectivity index (χ4v) is 2.60. The van der Waals surface area contributed by atoms with Crippen LogP contribution in [-0.2, 0) is 12.8 Å². The van der Waals surface area contributed by atoms with E-state index in [2.05, 4.69) is 17.4 Å². The van der Waals surface area contributed by atoms with E-state index in [1.165, 1.54) is 5.56 Å². The Bertz CT molecular complexity index is 622. The molecule has 0 radical (unpaired) electrons. The molecule has 18 heavy (non-hydrogen) atoms. The van der Waals surface area contributed by atoms with Gasteiger partial charge in [-0.15, -0.1) is 0 Å². The molecule has 1 N–H and O–H groups in total. The van der Waals surface area contributed by atoms with Crippen LogP contribution in [0.15, 0.2) is 42.5 Å². The minimum atomic E-state index is -0.389. The largest absolute Gasteiger partial charge is 0.355 e. The second-order valence-electron chi connectivity index (χ2n) is 4.39. The zero-order valence-corrected chi connectivity index (χ0v) is 10.5. The summed E-state index contributed by atoms with van der Waals surface area (Å²) in [6.07, 6.45) is 1.74. The predicted molar refractivity (Wildman–Crippen MR) is 73.8 cm³/mol. The third-order valence-electron chi connectivity index (χ3n) is 3.32. The van der Waals surface area contributed by atoms with Crippen molar-refractivity contribution in [3.05, 3.63) is 59.2 Å². The number of nitrogens with one attached hydrogen (secondary N) is 1. The number of halogens is 1. The first-order valence-corrected chi connectivity index (χ1v) is 6.30. The minimum absolute atomic E-state index is 0.389. The van der Waals surface area contributed by atoms with Crippen LogP contribution in [0.4, 0.5) is 11.4 Å². The maximum absolute atomic E-state index is 11.4. The molecule has 0 aromatic heterocycles. The van der Waals surface area contributed by atoms with E-state index in [9.17, 15) is 4.79 Å². The van der Waals surface area contributed by atoms with E-state index in [0.29, 0.717) is 5.56 Å². The van der Waals surface area contributed by atoms with Gasteiger partial charge < -0.3 is 5.32 Å². The van der Waals surface area contributed by atoms with Crippen LogP contribution >= 0.6 is 11.6 Å². The number of hydrogen-bond donors (Lipinski definition) is 1. The molecule has 0 saturated heterocycles. The fourth-order valence-electron chi connectivity index (χ4n) is 2.42. The lowest BCUT2D eigenvalue weighted by Crippen LogP contribution is -2.01. The van der Waals surface area contributed by atoms with Gasteiger partial charge in [0.05, 0.1) is 0 Å². The number of anilines is 2. The van der Waals surface area contributed by atoms with Crippen molar-refractivity contribution in [3.63, 3.8) is 0 Å². The predicted octanol–water partition coefficient (Wildman–Crippen LogP) is 3.91. The van der Waals surface area contributed by atoms with Gasteiger partial charge in [-0.1, -0.05) is 24.3 Å². The second kappa shape index (κ2) is 4.46. The number of carbonyl (C=O) groups is 1. The molecule has 2 nitrogen and oxygen atoms in total. The van der Waals surface area contributed by atoms with Crippen LogP contribution in [-0.4, -0.2) is 5.24 Å². The third kappa shape index (κ3) is 1.89. The van der Waals surface area contributed by atoms with E-state index in [1.54, 1.807) is 6.07 Å². The molecule has 1 heterocycles. The van der Waals surface area contributed by atoms with E-state index >= 15 is 0 Å². The maximum atomic E-state index is 11.4. The Morgan fingerprint density at radius 1 is 1.00 bits per heavy atom. The highest BCUT2D eigenvalue weighted by Gasteiger charge is 2.17. The van der Waals surface area contributed by atoms with Gasteiger partial charge in [-0.25, -0.2) is 0 Å². The highest BCUT2D eigenvalue weighted by atomic mass is 35.5. The zero-order chi connectivity index (χ0) is 12.5. The van der Waals surface area contributed by atoms with Gasteiger partial charge in [0.2, 0.25) is 0 Å². The summed E-state index contributed by atoms with van der Waals surface area (Å²) in [5.74, 6) is 0. The maximum Gasteiger partial charge on any atom is 0.252 e. The Morgan fingerprint density at radius 3 is 2.61 bits per heavy atom. The van der Waals surface area contributed by atoms with Crippen molar-refractivity contribution in [1.29, 1.82) is 0 Å². The molecule has 90 valence electrons. The zero-order valence-electron chi connectivity index (χ0n) is 9.74. The normalized spacial score (nSPS) is 12.9. The molecular formula is C15H12ClNO. The molecule has 3 heteroatoms. The van der Waals surface area contributed by atoms with Gasteiger partial charge in [0.25, 0.3) is 5.24 Å². The molecule has 0 amide bonds. The Labute approximate surface area is 111 Å². The highest BCUT2D eigenvalue weighted by Crippen LogP contribution is 2.32. The SMILES string of the molecule is O=C(Cl)c1cccc2c1CCc1ccccc1N2. The summed E-state index contributed by atoms with van der Waals surface area (Å²) >= 11 is 5.64. The first-order valence-electron chi connectivity index (χ1n) is 5.92. The molecule has 1 aliphatic heterocycles. The second-order valence-corrected chi connectivity index (χ2v) is 4.73. The van der Waals surface area contributed by atoms with Crippen molar-refractivity contribution < 1.29 is 4.79 Å². The molecule has 0 atom stereocenters. The van der Waals surface area contributed by atoms with E-state index in [4.69, 9.17) is 11.6 Å². The summed E-state index contributed by atoms with van der Waals surface area (Å²) in [5, 5.41) is 3.00. The van der Waals surface area contributed by atoms with Crippen molar-refractivity contribution >= 4 is 28.2 Å². The summed E-state index contributed by atoms with van der Waals surface area (Å²) in [6, 6.07) is 13.8. The standard InChI is InChI=1S/C15H12ClNO/c16-15(18)12-5-3-7-14-11(12)9-8-10-4-1-2-6-13(10)17-14/h1-7,17H,8-9H2. The molecule has 0 bridgehead atoms. The van der Waals surface area contributed by atoms with Gasteiger partial charge in [-0.3, -0.25) is 4.79 Å². The summed E-state index contributed by atoms with van der Waals surface area (Å²) in [6.45, 7) is 0. The number of benzene rings is 2. The first kappa shape index (κ1) is 11.3. The quantitative estimate of drug-likeness (QED) is 0.785. The monoisotopic (exact) mass is 257 g/mol. The molecule has 1 aliphatic rings. The van der Waals surface area contributed by atoms with Crippen molar-refractivity contribution in [2.75, 3.05) is 5.32 Å². The van der Waals surface area contributed by atoms with Crippen LogP contribution in [0.5, 0.6) is 0 Å². The van der Waals surface area contributed by atoms with Crippen molar-refractivity contribution in [1.82, 2.24) is 0 Å². The Morgan fingerprint density at radius 2 is 1.78 bits per heavy atom. The number of rotatable bonds is 1. The van der Waals surface area contributed by atoms with Crippen LogP contribution < -0.4 is 5.32 Å². The van der Waals surface area contributed by atoms with Crippen molar-refractivity contribution in [3.8, 4) is 0 Å². The van der Waals surface area contributed by atoms with Crippen molar-refractivity contribution in [2.24, 2.45) is 0 Å². The lowest BCUT2D eigenvalue weighted by molar-refractivity contribution is 0.108. The molecule has 0 aliphatic carbocycles. The smallest absolute Gasteiger partial charge is 0.252 e. The average molecular weight is 258 g/mol. The van der Waals surface area contributed by atoms with Crippen molar-refractivity contribution in [2.45, 2.75) is 12.8 Å². The van der Waals surface area contributed by atoms with Gasteiger partial charge in [0.1, 0.15) is 0 Å². The third-order valence-corrected chi connectivity index (χ3v) is 3.52. The van der Waals surface area contributed by atoms with E-state index in [-0.39, 0.29) is 5.24 Å². The van der Waals surface area contributed by atoms with Gasteiger partial charge in [-0.2, -0.15) is 0 Å². The molecule has 0 saturated carbocycles. The Balaban J connectivity index is 2.12. The molecule has 0 unspecified atom stereocenters. The van der Waals surface area contributed by atoms with Crippen LogP contribution in [0.1, 0.15) is 21.5 Å². The molecule has 2 aromatic carbocycles. The lowest BCUT2D eigenvalue weighted by atomic mass is 10.0. The minimum Gasteiger partial charge on any atom is -0.355 e. The van der Waals surface area contributed by atoms with Crippen LogP contribution in [0.2, 0.25) is 0 Å². The van der Waals surface area contributed by atoms with Gasteiger partial charge >= 0.3 is 0 Å². The number of aryl methyl sites for hydroxylation is 1. The van der Waals surface area contributed by atoms with E-state index in [1.807, 2.05) is 24.3 Å². The Hall–Kier alpha value is -1.80. The summed E-state index contributed by atoms with van der Waals surface area (Å²) in [5.41, 5.74) is 4.96. The summed E-state index contributed by atoms with van der Waals surface area (Å²) < 4.78 is 0. The Kier molecular flexibility index (Phi) is 2.80. The molecule has 3 rings (SSSR count). The molecule has 2 aromatic rings. The molecular weight excluding hydrogens is 246 g/mol.